The molecule has 0 saturated carbocycles. The van der Waals surface area contributed by atoms with E-state index < -0.39 is 0 Å². The molecule has 0 spiro atoms. The van der Waals surface area contributed by atoms with E-state index >= 15 is 0 Å². The molecule has 0 aromatic heterocycles. The number of ether oxygens (including phenoxy) is 1. The number of carbonyl (C=O) groups excluding carboxylic acids is 1. The van der Waals surface area contributed by atoms with Gasteiger partial charge in [0.25, 0.3) is 0 Å². The third-order valence-corrected chi connectivity index (χ3v) is 3.54. The van der Waals surface area contributed by atoms with Crippen molar-refractivity contribution < 1.29 is 14.4 Å². The zero-order chi connectivity index (χ0) is 14.4. The van der Waals surface area contributed by atoms with Gasteiger partial charge in [-0.25, -0.2) is 5.43 Å². The number of carbonyl (C=O) groups is 1. The first-order chi connectivity index (χ1) is 9.67. The van der Waals surface area contributed by atoms with E-state index in [2.05, 4.69) is 17.6 Å². The lowest BCUT2D eigenvalue weighted by molar-refractivity contribution is -0.880. The molecule has 1 aromatic carbocycles. The molecule has 0 radical (unpaired) electrons. The van der Waals surface area contributed by atoms with Gasteiger partial charge in [-0.2, -0.15) is 5.10 Å². The van der Waals surface area contributed by atoms with Crippen LogP contribution in [0, 0.1) is 0 Å². The minimum absolute atomic E-state index is 0.0751. The Morgan fingerprint density at radius 3 is 2.55 bits per heavy atom. The largest absolute Gasteiger partial charge is 0.497 e. The van der Waals surface area contributed by atoms with Crippen molar-refractivity contribution in [3.8, 4) is 5.75 Å². The molecule has 1 aliphatic rings. The molecule has 5 nitrogen and oxygen atoms in total. The maximum atomic E-state index is 11.8. The summed E-state index contributed by atoms with van der Waals surface area (Å²) in [6.07, 6.45) is 2.27. The van der Waals surface area contributed by atoms with Crippen LogP contribution in [0.5, 0.6) is 5.75 Å². The van der Waals surface area contributed by atoms with Gasteiger partial charge in [-0.15, -0.1) is 0 Å². The molecule has 1 aromatic rings. The van der Waals surface area contributed by atoms with Crippen LogP contribution in [0.15, 0.2) is 29.4 Å². The van der Waals surface area contributed by atoms with Gasteiger partial charge >= 0.3 is 0 Å². The first kappa shape index (κ1) is 14.5. The van der Waals surface area contributed by atoms with Crippen molar-refractivity contribution in [2.45, 2.75) is 19.3 Å². The first-order valence-electron chi connectivity index (χ1n) is 6.96. The summed E-state index contributed by atoms with van der Waals surface area (Å²) in [6.45, 7) is 2.18. The number of piperidine rings is 1. The van der Waals surface area contributed by atoms with Crippen molar-refractivity contribution in [3.05, 3.63) is 29.8 Å². The Hall–Kier alpha value is -1.88. The molecule has 0 atom stereocenters. The number of rotatable bonds is 4. The fourth-order valence-electron chi connectivity index (χ4n) is 2.19. The average molecular weight is 276 g/mol. The van der Waals surface area contributed by atoms with Crippen LogP contribution in [0.3, 0.4) is 0 Å². The predicted octanol–water partition coefficient (Wildman–Crippen LogP) is 0.0184. The van der Waals surface area contributed by atoms with Gasteiger partial charge in [0.05, 0.1) is 33.7 Å². The summed E-state index contributed by atoms with van der Waals surface area (Å²) >= 11 is 0. The van der Waals surface area contributed by atoms with Gasteiger partial charge in [0, 0.05) is 18.6 Å². The van der Waals surface area contributed by atoms with Crippen LogP contribution < -0.4 is 15.1 Å². The minimum atomic E-state index is -0.0751. The second-order valence-electron chi connectivity index (χ2n) is 5.19. The summed E-state index contributed by atoms with van der Waals surface area (Å²) in [4.78, 5) is 13.3. The maximum absolute atomic E-state index is 11.8. The molecule has 0 bridgehead atoms. The van der Waals surface area contributed by atoms with E-state index in [4.69, 9.17) is 4.74 Å². The van der Waals surface area contributed by atoms with Crippen molar-refractivity contribution >= 4 is 11.6 Å². The van der Waals surface area contributed by atoms with E-state index in [0.29, 0.717) is 6.42 Å². The zero-order valence-corrected chi connectivity index (χ0v) is 12.1. The SMILES string of the molecule is COc1ccc(CC(=O)NN=C2CC[NH+](C)CC2)cc1. The number of quaternary nitrogens is 1. The minimum Gasteiger partial charge on any atom is -0.497 e. The average Bonchev–Trinajstić information content (AvgIpc) is 2.47. The zero-order valence-electron chi connectivity index (χ0n) is 12.1. The number of likely N-dealkylation sites (tertiary alicyclic amines) is 1. The molecule has 5 heteroatoms. The Kier molecular flexibility index (Phi) is 5.12. The predicted molar refractivity (Wildman–Crippen MR) is 78.1 cm³/mol. The normalized spacial score (nSPS) is 18.5. The summed E-state index contributed by atoms with van der Waals surface area (Å²) in [7, 11) is 3.81. The van der Waals surface area contributed by atoms with Gasteiger partial charge in [-0.3, -0.25) is 4.79 Å². The van der Waals surface area contributed by atoms with Crippen molar-refractivity contribution in [3.63, 3.8) is 0 Å². The Morgan fingerprint density at radius 1 is 1.30 bits per heavy atom. The quantitative estimate of drug-likeness (QED) is 0.762. The molecule has 108 valence electrons. The number of hydrogen-bond donors (Lipinski definition) is 2. The topological polar surface area (TPSA) is 55.1 Å². The van der Waals surface area contributed by atoms with E-state index in [0.717, 1.165) is 43.0 Å². The van der Waals surface area contributed by atoms with Crippen LogP contribution in [0.1, 0.15) is 18.4 Å². The molecule has 20 heavy (non-hydrogen) atoms. The lowest BCUT2D eigenvalue weighted by Gasteiger charge is -2.20. The van der Waals surface area contributed by atoms with Gasteiger partial charge in [0.15, 0.2) is 0 Å². The molecular weight excluding hydrogens is 254 g/mol. The number of methoxy groups -OCH3 is 1. The van der Waals surface area contributed by atoms with Crippen LogP contribution in [0.2, 0.25) is 0 Å². The standard InChI is InChI=1S/C15H21N3O2/c1-18-9-7-13(8-10-18)16-17-15(19)11-12-3-5-14(20-2)6-4-12/h3-6H,7-11H2,1-2H3,(H,17,19)/p+1. The van der Waals surface area contributed by atoms with Gasteiger partial charge in [-0.05, 0) is 17.7 Å². The molecule has 1 saturated heterocycles. The Labute approximate surface area is 119 Å². The Balaban J connectivity index is 1.81. The second-order valence-corrected chi connectivity index (χ2v) is 5.19. The summed E-state index contributed by atoms with van der Waals surface area (Å²) < 4.78 is 5.09. The summed E-state index contributed by atoms with van der Waals surface area (Å²) in [5.41, 5.74) is 4.70. The lowest BCUT2D eigenvalue weighted by Crippen LogP contribution is -3.10. The first-order valence-corrected chi connectivity index (χ1v) is 6.96. The van der Waals surface area contributed by atoms with Gasteiger partial charge < -0.3 is 9.64 Å². The highest BCUT2D eigenvalue weighted by Crippen LogP contribution is 2.11. The number of nitrogens with one attached hydrogen (secondary N) is 2. The second kappa shape index (κ2) is 7.05. The van der Waals surface area contributed by atoms with Crippen molar-refractivity contribution in [2.24, 2.45) is 5.10 Å². The highest BCUT2D eigenvalue weighted by molar-refractivity contribution is 5.87. The molecule has 2 rings (SSSR count). The summed E-state index contributed by atoms with van der Waals surface area (Å²) in [6, 6.07) is 7.50. The van der Waals surface area contributed by atoms with Crippen LogP contribution in [-0.4, -0.2) is 38.9 Å². The van der Waals surface area contributed by atoms with Crippen LogP contribution in [0.4, 0.5) is 0 Å². The third-order valence-electron chi connectivity index (χ3n) is 3.54. The van der Waals surface area contributed by atoms with Crippen molar-refractivity contribution in [2.75, 3.05) is 27.2 Å². The van der Waals surface area contributed by atoms with Crippen LogP contribution >= 0.6 is 0 Å². The maximum Gasteiger partial charge on any atom is 0.244 e. The molecule has 1 fully saturated rings. The smallest absolute Gasteiger partial charge is 0.244 e. The summed E-state index contributed by atoms with van der Waals surface area (Å²) in [5, 5.41) is 4.23. The van der Waals surface area contributed by atoms with Gasteiger partial charge in [-0.1, -0.05) is 12.1 Å². The molecule has 2 N–H and O–H groups in total. The van der Waals surface area contributed by atoms with E-state index in [9.17, 15) is 4.79 Å². The molecule has 0 unspecified atom stereocenters. The number of hydrogen-bond acceptors (Lipinski definition) is 3. The number of nitrogens with zero attached hydrogens (tertiary/aromatic N) is 1. The van der Waals surface area contributed by atoms with E-state index in [1.54, 1.807) is 7.11 Å². The molecule has 1 heterocycles. The summed E-state index contributed by atoms with van der Waals surface area (Å²) in [5.74, 6) is 0.720. The fourth-order valence-corrected chi connectivity index (χ4v) is 2.19. The molecule has 1 amide bonds. The highest BCUT2D eigenvalue weighted by atomic mass is 16.5. The number of benzene rings is 1. The monoisotopic (exact) mass is 276 g/mol. The number of hydrazone groups is 1. The highest BCUT2D eigenvalue weighted by Gasteiger charge is 2.14. The van der Waals surface area contributed by atoms with Gasteiger partial charge in [0.1, 0.15) is 5.75 Å². The Morgan fingerprint density at radius 2 is 1.95 bits per heavy atom. The van der Waals surface area contributed by atoms with Crippen LogP contribution in [-0.2, 0) is 11.2 Å². The van der Waals surface area contributed by atoms with Crippen molar-refractivity contribution in [1.29, 1.82) is 0 Å². The fraction of sp³-hybridized carbons (Fsp3) is 0.467. The molecule has 0 aliphatic carbocycles. The number of amides is 1. The lowest BCUT2D eigenvalue weighted by atomic mass is 10.1. The molecule has 1 aliphatic heterocycles. The molecular formula is C15H22N3O2+. The van der Waals surface area contributed by atoms with Crippen LogP contribution in [0.25, 0.3) is 0 Å². The van der Waals surface area contributed by atoms with E-state index in [-0.39, 0.29) is 5.91 Å². The Bertz CT molecular complexity index is 472. The van der Waals surface area contributed by atoms with E-state index in [1.165, 1.54) is 4.90 Å². The van der Waals surface area contributed by atoms with Gasteiger partial charge in [0.2, 0.25) is 5.91 Å². The van der Waals surface area contributed by atoms with E-state index in [1.807, 2.05) is 24.3 Å². The van der Waals surface area contributed by atoms with Crippen molar-refractivity contribution in [1.82, 2.24) is 5.43 Å². The third kappa shape index (κ3) is 4.35.